The molecule has 0 aromatic rings. The Morgan fingerprint density at radius 3 is 1.50 bits per heavy atom. The summed E-state index contributed by atoms with van der Waals surface area (Å²) in [6, 6.07) is 0. The fourth-order valence-electron chi connectivity index (χ4n) is 2.07. The van der Waals surface area contributed by atoms with E-state index >= 15 is 0 Å². The van der Waals surface area contributed by atoms with E-state index in [1.807, 2.05) is 0 Å². The molecule has 0 aromatic heterocycles. The Bertz CT molecular complexity index is 206. The highest BCUT2D eigenvalue weighted by Crippen LogP contribution is 2.69. The van der Waals surface area contributed by atoms with E-state index in [9.17, 15) is 0 Å². The highest BCUT2D eigenvalue weighted by Gasteiger charge is 2.64. The van der Waals surface area contributed by atoms with Gasteiger partial charge in [0.15, 0.2) is 0 Å². The summed E-state index contributed by atoms with van der Waals surface area (Å²) in [4.78, 5) is 0. The molecule has 1 aliphatic heterocycles. The lowest BCUT2D eigenvalue weighted by atomic mass is 9.87. The van der Waals surface area contributed by atoms with Gasteiger partial charge in [-0.15, -0.1) is 0 Å². The molecule has 2 aliphatic carbocycles. The Morgan fingerprint density at radius 1 is 0.800 bits per heavy atom. The first-order valence-electron chi connectivity index (χ1n) is 3.96. The molecule has 2 nitrogen and oxygen atoms in total. The molecule has 2 heteroatoms. The molecule has 0 unspecified atom stereocenters. The molecule has 52 valence electrons. The number of nitrogens with zero attached hydrogens (tertiary/aromatic N) is 2. The maximum absolute atomic E-state index is 3.97. The fourth-order valence-corrected chi connectivity index (χ4v) is 2.07. The first-order valence-corrected chi connectivity index (χ1v) is 3.96. The molecule has 0 amide bonds. The van der Waals surface area contributed by atoms with Gasteiger partial charge in [-0.25, -0.2) is 0 Å². The number of hydrogen-bond donors (Lipinski definition) is 0. The molecular weight excluding hydrogens is 124 g/mol. The Hall–Kier alpha value is -0.660. The first-order chi connectivity index (χ1) is 4.87. The molecule has 3 rings (SSSR count). The highest BCUT2D eigenvalue weighted by atomic mass is 15.2. The van der Waals surface area contributed by atoms with Crippen LogP contribution < -0.4 is 0 Å². The Morgan fingerprint density at radius 2 is 1.20 bits per heavy atom. The van der Waals surface area contributed by atoms with E-state index in [0.717, 1.165) is 0 Å². The van der Waals surface area contributed by atoms with Crippen molar-refractivity contribution in [2.45, 2.75) is 25.7 Å². The number of rotatable bonds is 0. The lowest BCUT2D eigenvalue weighted by Gasteiger charge is -2.19. The predicted molar refractivity (Wildman–Crippen MR) is 40.3 cm³/mol. The van der Waals surface area contributed by atoms with Crippen molar-refractivity contribution in [2.75, 3.05) is 0 Å². The van der Waals surface area contributed by atoms with Crippen LogP contribution in [-0.4, -0.2) is 12.4 Å². The van der Waals surface area contributed by atoms with E-state index < -0.39 is 0 Å². The Labute approximate surface area is 60.0 Å². The van der Waals surface area contributed by atoms with Crippen molar-refractivity contribution in [2.24, 2.45) is 21.0 Å². The van der Waals surface area contributed by atoms with Gasteiger partial charge in [0.05, 0.1) is 0 Å². The van der Waals surface area contributed by atoms with E-state index in [2.05, 4.69) is 22.6 Å². The van der Waals surface area contributed by atoms with E-state index in [-0.39, 0.29) is 0 Å². The van der Waals surface area contributed by atoms with Crippen LogP contribution in [0.3, 0.4) is 0 Å². The van der Waals surface area contributed by atoms with Gasteiger partial charge in [-0.1, -0.05) is 0 Å². The second-order valence-corrected chi connectivity index (χ2v) is 3.80. The molecular formula is C8H10N2. The quantitative estimate of drug-likeness (QED) is 0.481. The average molecular weight is 134 g/mol. The van der Waals surface area contributed by atoms with E-state index in [1.165, 1.54) is 25.7 Å². The van der Waals surface area contributed by atoms with Crippen LogP contribution in [0.4, 0.5) is 0 Å². The van der Waals surface area contributed by atoms with Gasteiger partial charge in [-0.2, -0.15) is 10.2 Å². The summed E-state index contributed by atoms with van der Waals surface area (Å²) >= 11 is 0. The zero-order valence-corrected chi connectivity index (χ0v) is 5.88. The summed E-state index contributed by atoms with van der Waals surface area (Å²) in [6.07, 6.45) is 9.57. The van der Waals surface area contributed by atoms with E-state index in [1.54, 1.807) is 0 Å². The fraction of sp³-hybridized carbons (Fsp3) is 0.750. The summed E-state index contributed by atoms with van der Waals surface area (Å²) in [5.74, 6) is 0. The molecule has 0 aromatic carbocycles. The minimum Gasteiger partial charge on any atom is -0.163 e. The van der Waals surface area contributed by atoms with Gasteiger partial charge < -0.3 is 0 Å². The first kappa shape index (κ1) is 5.05. The third-order valence-electron chi connectivity index (χ3n) is 3.25. The maximum Gasteiger partial charge on any atom is 0.0341 e. The third-order valence-corrected chi connectivity index (χ3v) is 3.25. The molecule has 1 heterocycles. The third kappa shape index (κ3) is 0.395. The van der Waals surface area contributed by atoms with Crippen LogP contribution in [-0.2, 0) is 0 Å². The summed E-state index contributed by atoms with van der Waals surface area (Å²) in [7, 11) is 0. The zero-order chi connectivity index (χ0) is 6.66. The maximum atomic E-state index is 3.97. The van der Waals surface area contributed by atoms with Crippen molar-refractivity contribution < 1.29 is 0 Å². The van der Waals surface area contributed by atoms with Crippen molar-refractivity contribution in [3.8, 4) is 0 Å². The van der Waals surface area contributed by atoms with E-state index in [0.29, 0.717) is 10.8 Å². The Balaban J connectivity index is 2.08. The van der Waals surface area contributed by atoms with Crippen LogP contribution >= 0.6 is 0 Å². The minimum atomic E-state index is 0.495. The summed E-state index contributed by atoms with van der Waals surface area (Å²) < 4.78 is 0. The largest absolute Gasteiger partial charge is 0.163 e. The Kier molecular flexibility index (Phi) is 0.607. The topological polar surface area (TPSA) is 24.7 Å². The van der Waals surface area contributed by atoms with E-state index in [4.69, 9.17) is 0 Å². The normalized spacial score (nSPS) is 35.2. The van der Waals surface area contributed by atoms with Gasteiger partial charge >= 0.3 is 0 Å². The molecule has 2 spiro atoms. The van der Waals surface area contributed by atoms with Gasteiger partial charge in [0.2, 0.25) is 0 Å². The summed E-state index contributed by atoms with van der Waals surface area (Å²) in [6.45, 7) is 0. The van der Waals surface area contributed by atoms with Crippen molar-refractivity contribution in [3.05, 3.63) is 0 Å². The van der Waals surface area contributed by atoms with Gasteiger partial charge in [-0.05, 0) is 25.7 Å². The van der Waals surface area contributed by atoms with Crippen LogP contribution in [0.1, 0.15) is 25.7 Å². The van der Waals surface area contributed by atoms with Crippen molar-refractivity contribution in [1.29, 1.82) is 0 Å². The van der Waals surface area contributed by atoms with Crippen molar-refractivity contribution >= 4 is 12.4 Å². The predicted octanol–water partition coefficient (Wildman–Crippen LogP) is 1.62. The highest BCUT2D eigenvalue weighted by molar-refractivity contribution is 5.86. The zero-order valence-electron chi connectivity index (χ0n) is 5.88. The van der Waals surface area contributed by atoms with Crippen LogP contribution in [0, 0.1) is 10.8 Å². The molecule has 0 atom stereocenters. The monoisotopic (exact) mass is 134 g/mol. The van der Waals surface area contributed by atoms with Crippen molar-refractivity contribution in [1.82, 2.24) is 0 Å². The van der Waals surface area contributed by atoms with Gasteiger partial charge in [0.1, 0.15) is 0 Å². The van der Waals surface area contributed by atoms with Crippen molar-refractivity contribution in [3.63, 3.8) is 0 Å². The molecule has 3 aliphatic rings. The summed E-state index contributed by atoms with van der Waals surface area (Å²) in [5.41, 5.74) is 0.990. The van der Waals surface area contributed by atoms with Crippen LogP contribution in [0.2, 0.25) is 0 Å². The molecule has 0 N–H and O–H groups in total. The van der Waals surface area contributed by atoms with Gasteiger partial charge in [0, 0.05) is 23.3 Å². The number of fused-ring (bicyclic) bond motifs is 1. The van der Waals surface area contributed by atoms with Gasteiger partial charge in [0.25, 0.3) is 0 Å². The second-order valence-electron chi connectivity index (χ2n) is 3.80. The lowest BCUT2D eigenvalue weighted by Crippen LogP contribution is -2.22. The molecule has 2 saturated carbocycles. The average Bonchev–Trinajstić information content (AvgIpc) is 2.72. The molecule has 10 heavy (non-hydrogen) atoms. The molecule has 2 fully saturated rings. The SMILES string of the molecule is C1=NN=CC2(CC2)C12CC2. The molecule has 0 bridgehead atoms. The van der Waals surface area contributed by atoms with Gasteiger partial charge in [-0.3, -0.25) is 0 Å². The lowest BCUT2D eigenvalue weighted by molar-refractivity contribution is 0.512. The molecule has 0 saturated heterocycles. The molecule has 0 radical (unpaired) electrons. The van der Waals surface area contributed by atoms with Crippen LogP contribution in [0.15, 0.2) is 10.2 Å². The minimum absolute atomic E-state index is 0.495. The van der Waals surface area contributed by atoms with Crippen LogP contribution in [0.5, 0.6) is 0 Å². The second kappa shape index (κ2) is 1.20. The standard InChI is InChI=1S/C8H10N2/c1-2-7(1)5-9-10-6-8(7)3-4-8/h5-6H,1-4H2. The summed E-state index contributed by atoms with van der Waals surface area (Å²) in [5, 5.41) is 7.94. The smallest absolute Gasteiger partial charge is 0.0341 e. The van der Waals surface area contributed by atoms with Crippen LogP contribution in [0.25, 0.3) is 0 Å². The number of hydrogen-bond acceptors (Lipinski definition) is 2.